The molecule has 1 amide bonds. The SMILES string of the molecule is COc1cc(OC)c(C=C(C(N)=O)S(=O)(=O)Cc2ccc(Cl)cc2Cl)c(OC)c1. The van der Waals surface area contributed by atoms with Crippen LogP contribution in [0.2, 0.25) is 10.0 Å². The third-order valence-electron chi connectivity index (χ3n) is 3.97. The Kier molecular flexibility index (Phi) is 7.40. The van der Waals surface area contributed by atoms with E-state index >= 15 is 0 Å². The lowest BCUT2D eigenvalue weighted by atomic mass is 10.1. The topological polar surface area (TPSA) is 105 Å². The molecular formula is C19H19Cl2NO6S. The number of amides is 1. The molecule has 0 aliphatic rings. The van der Waals surface area contributed by atoms with E-state index in [0.717, 1.165) is 6.08 Å². The highest BCUT2D eigenvalue weighted by molar-refractivity contribution is 7.95. The second-order valence-corrected chi connectivity index (χ2v) is 8.61. The third kappa shape index (κ3) is 5.35. The van der Waals surface area contributed by atoms with Gasteiger partial charge in [-0.25, -0.2) is 8.42 Å². The molecule has 0 atom stereocenters. The van der Waals surface area contributed by atoms with Crippen LogP contribution in [0.5, 0.6) is 17.2 Å². The highest BCUT2D eigenvalue weighted by atomic mass is 35.5. The van der Waals surface area contributed by atoms with Gasteiger partial charge in [0.15, 0.2) is 9.84 Å². The number of carbonyl (C=O) groups is 1. The Hall–Kier alpha value is -2.42. The van der Waals surface area contributed by atoms with Crippen LogP contribution in [-0.2, 0) is 20.4 Å². The van der Waals surface area contributed by atoms with E-state index < -0.39 is 26.4 Å². The van der Waals surface area contributed by atoms with Gasteiger partial charge in [-0.05, 0) is 23.8 Å². The van der Waals surface area contributed by atoms with Gasteiger partial charge < -0.3 is 19.9 Å². The standard InChI is InChI=1S/C19H19Cl2NO6S/c1-26-13-7-16(27-2)14(17(8-13)28-3)9-18(19(22)23)29(24,25)10-11-4-5-12(20)6-15(11)21/h4-9H,10H2,1-3H3,(H2,22,23). The Bertz CT molecular complexity index is 1040. The van der Waals surface area contributed by atoms with E-state index in [1.807, 2.05) is 0 Å². The van der Waals surface area contributed by atoms with E-state index in [-0.39, 0.29) is 27.6 Å². The molecule has 2 rings (SSSR count). The summed E-state index contributed by atoms with van der Waals surface area (Å²) in [7, 11) is 0.0728. The second kappa shape index (κ2) is 9.39. The van der Waals surface area contributed by atoms with Gasteiger partial charge in [-0.1, -0.05) is 29.3 Å². The number of sulfone groups is 1. The first-order valence-electron chi connectivity index (χ1n) is 8.11. The summed E-state index contributed by atoms with van der Waals surface area (Å²) in [5.74, 6) is -0.778. The summed E-state index contributed by atoms with van der Waals surface area (Å²) in [6, 6.07) is 7.43. The molecule has 7 nitrogen and oxygen atoms in total. The molecule has 2 N–H and O–H groups in total. The summed E-state index contributed by atoms with van der Waals surface area (Å²) in [4.78, 5) is 11.4. The molecule has 0 aliphatic carbocycles. The molecule has 0 heterocycles. The Morgan fingerprint density at radius 3 is 2.07 bits per heavy atom. The maximum Gasteiger partial charge on any atom is 0.260 e. The van der Waals surface area contributed by atoms with Crippen molar-refractivity contribution in [3.05, 3.63) is 56.4 Å². The quantitative estimate of drug-likeness (QED) is 0.605. The minimum atomic E-state index is -4.16. The molecule has 0 fully saturated rings. The molecule has 0 unspecified atom stereocenters. The summed E-state index contributed by atoms with van der Waals surface area (Å²) in [6.45, 7) is 0. The average Bonchev–Trinajstić information content (AvgIpc) is 2.67. The molecule has 0 aliphatic heterocycles. The molecule has 0 spiro atoms. The number of rotatable bonds is 8. The fraction of sp³-hybridized carbons (Fsp3) is 0.211. The summed E-state index contributed by atoms with van der Waals surface area (Å²) in [5, 5.41) is 0.513. The van der Waals surface area contributed by atoms with Crippen LogP contribution in [0.4, 0.5) is 0 Å². The lowest BCUT2D eigenvalue weighted by molar-refractivity contribution is -0.113. The van der Waals surface area contributed by atoms with E-state index in [9.17, 15) is 13.2 Å². The largest absolute Gasteiger partial charge is 0.496 e. The average molecular weight is 460 g/mol. The van der Waals surface area contributed by atoms with Crippen molar-refractivity contribution in [1.82, 2.24) is 0 Å². The molecule has 0 aromatic heterocycles. The zero-order valence-electron chi connectivity index (χ0n) is 15.9. The van der Waals surface area contributed by atoms with Gasteiger partial charge in [-0.3, -0.25) is 4.79 Å². The fourth-order valence-electron chi connectivity index (χ4n) is 2.54. The van der Waals surface area contributed by atoms with E-state index in [2.05, 4.69) is 0 Å². The number of primary amides is 1. The normalized spacial score (nSPS) is 11.8. The second-order valence-electron chi connectivity index (χ2n) is 5.81. The van der Waals surface area contributed by atoms with Crippen molar-refractivity contribution in [2.24, 2.45) is 5.73 Å². The van der Waals surface area contributed by atoms with E-state index in [0.29, 0.717) is 10.8 Å². The predicted octanol–water partition coefficient (Wildman–Crippen LogP) is 3.46. The molecule has 10 heteroatoms. The molecule has 0 saturated heterocycles. The Morgan fingerprint density at radius 1 is 1.03 bits per heavy atom. The first kappa shape index (κ1) is 22.9. The van der Waals surface area contributed by atoms with Crippen molar-refractivity contribution in [3.8, 4) is 17.2 Å². The van der Waals surface area contributed by atoms with Gasteiger partial charge in [-0.15, -0.1) is 0 Å². The number of hydrogen-bond acceptors (Lipinski definition) is 6. The van der Waals surface area contributed by atoms with Crippen LogP contribution in [0.25, 0.3) is 6.08 Å². The molecule has 29 heavy (non-hydrogen) atoms. The first-order valence-corrected chi connectivity index (χ1v) is 10.5. The molecule has 156 valence electrons. The number of nitrogens with two attached hydrogens (primary N) is 1. The number of halogens is 2. The number of methoxy groups -OCH3 is 3. The Labute approximate surface area is 178 Å². The molecule has 0 bridgehead atoms. The van der Waals surface area contributed by atoms with Crippen LogP contribution in [0.3, 0.4) is 0 Å². The molecule has 0 radical (unpaired) electrons. The van der Waals surface area contributed by atoms with Crippen LogP contribution in [0.15, 0.2) is 35.2 Å². The van der Waals surface area contributed by atoms with Crippen molar-refractivity contribution in [2.45, 2.75) is 5.75 Å². The van der Waals surface area contributed by atoms with Crippen molar-refractivity contribution in [1.29, 1.82) is 0 Å². The van der Waals surface area contributed by atoms with Gasteiger partial charge in [0.05, 0.1) is 32.6 Å². The zero-order valence-corrected chi connectivity index (χ0v) is 18.2. The maximum absolute atomic E-state index is 12.9. The molecule has 2 aromatic rings. The van der Waals surface area contributed by atoms with Gasteiger partial charge in [0.2, 0.25) is 0 Å². The van der Waals surface area contributed by atoms with Gasteiger partial charge >= 0.3 is 0 Å². The Balaban J connectivity index is 2.61. The van der Waals surface area contributed by atoms with Crippen molar-refractivity contribution < 1.29 is 27.4 Å². The predicted molar refractivity (Wildman–Crippen MR) is 112 cm³/mol. The van der Waals surface area contributed by atoms with E-state index in [1.54, 1.807) is 0 Å². The van der Waals surface area contributed by atoms with E-state index in [1.165, 1.54) is 51.7 Å². The van der Waals surface area contributed by atoms with Gasteiger partial charge in [-0.2, -0.15) is 0 Å². The maximum atomic E-state index is 12.9. The van der Waals surface area contributed by atoms with Gasteiger partial charge in [0.25, 0.3) is 5.91 Å². The number of hydrogen-bond donors (Lipinski definition) is 1. The van der Waals surface area contributed by atoms with Gasteiger partial charge in [0, 0.05) is 22.2 Å². The summed E-state index contributed by atoms with van der Waals surface area (Å²) < 4.78 is 41.6. The first-order chi connectivity index (χ1) is 13.6. The lowest BCUT2D eigenvalue weighted by Gasteiger charge is -2.14. The summed E-state index contributed by atoms with van der Waals surface area (Å²) in [6.07, 6.45) is 1.11. The van der Waals surface area contributed by atoms with Crippen LogP contribution >= 0.6 is 23.2 Å². The molecule has 0 saturated carbocycles. The fourth-order valence-corrected chi connectivity index (χ4v) is 4.52. The highest BCUT2D eigenvalue weighted by Gasteiger charge is 2.26. The van der Waals surface area contributed by atoms with Crippen LogP contribution in [0.1, 0.15) is 11.1 Å². The molecular weight excluding hydrogens is 441 g/mol. The summed E-state index contributed by atoms with van der Waals surface area (Å²) in [5.41, 5.74) is 5.87. The minimum Gasteiger partial charge on any atom is -0.496 e. The minimum absolute atomic E-state index is 0.157. The number of carbonyl (C=O) groups excluding carboxylic acids is 1. The highest BCUT2D eigenvalue weighted by Crippen LogP contribution is 2.36. The van der Waals surface area contributed by atoms with Crippen LogP contribution in [-0.4, -0.2) is 35.7 Å². The number of ether oxygens (including phenoxy) is 3. The third-order valence-corrected chi connectivity index (χ3v) is 6.23. The monoisotopic (exact) mass is 459 g/mol. The van der Waals surface area contributed by atoms with Crippen molar-refractivity contribution >= 4 is 45.0 Å². The molecule has 2 aromatic carbocycles. The van der Waals surface area contributed by atoms with Crippen molar-refractivity contribution in [2.75, 3.05) is 21.3 Å². The van der Waals surface area contributed by atoms with Crippen LogP contribution < -0.4 is 19.9 Å². The smallest absolute Gasteiger partial charge is 0.260 e. The zero-order chi connectivity index (χ0) is 21.8. The van der Waals surface area contributed by atoms with Crippen LogP contribution in [0, 0.1) is 0 Å². The van der Waals surface area contributed by atoms with Gasteiger partial charge in [0.1, 0.15) is 22.2 Å². The lowest BCUT2D eigenvalue weighted by Crippen LogP contribution is -2.22. The number of benzene rings is 2. The van der Waals surface area contributed by atoms with E-state index in [4.69, 9.17) is 43.1 Å². The van der Waals surface area contributed by atoms with Crippen molar-refractivity contribution in [3.63, 3.8) is 0 Å². The summed E-state index contributed by atoms with van der Waals surface area (Å²) >= 11 is 11.9. The Morgan fingerprint density at radius 2 is 1.62 bits per heavy atom.